The molecule has 0 saturated heterocycles. The Balaban J connectivity index is 0.000000208. The van der Waals surface area contributed by atoms with Crippen LogP contribution in [-0.4, -0.2) is 13.0 Å². The lowest BCUT2D eigenvalue weighted by molar-refractivity contribution is -0.690. The lowest BCUT2D eigenvalue weighted by Crippen LogP contribution is -2.37. The topological polar surface area (TPSA) is 84.9 Å². The number of pyridine rings is 1. The fraction of sp³-hybridized carbons (Fsp3) is 0.100. The van der Waals surface area contributed by atoms with Gasteiger partial charge in [-0.2, -0.15) is 9.83 Å². The summed E-state index contributed by atoms with van der Waals surface area (Å²) in [6, 6.07) is 21.1. The Kier molecular flexibility index (Phi) is 7.08. The molecule has 0 saturated carbocycles. The standard InChI is InChI=1S/C13H10ClN2.C7H8O3S/c14-13-7-2-1-5-11(13)10-16-8-4-3-6-12(16)9-15;1-6-2-4-7(5-3-6)11(8,9)10/h1-8H,10H2;2-5H,1H3,(H,8,9,10)/q+1;/p-1. The molecule has 5 nitrogen and oxygen atoms in total. The molecule has 0 bridgehead atoms. The van der Waals surface area contributed by atoms with E-state index in [1.807, 2.05) is 54.1 Å². The van der Waals surface area contributed by atoms with Crippen LogP contribution in [0.4, 0.5) is 0 Å². The number of nitriles is 1. The first-order chi connectivity index (χ1) is 12.8. The van der Waals surface area contributed by atoms with Crippen LogP contribution < -0.4 is 4.57 Å². The Hall–Kier alpha value is -2.72. The average molecular weight is 401 g/mol. The van der Waals surface area contributed by atoms with E-state index in [4.69, 9.17) is 16.9 Å². The Labute approximate surface area is 163 Å². The van der Waals surface area contributed by atoms with Crippen LogP contribution in [0, 0.1) is 18.3 Å². The molecular weight excluding hydrogens is 384 g/mol. The maximum absolute atomic E-state index is 10.4. The van der Waals surface area contributed by atoms with Gasteiger partial charge in [0.05, 0.1) is 9.92 Å². The van der Waals surface area contributed by atoms with Crippen molar-refractivity contribution in [2.75, 3.05) is 0 Å². The van der Waals surface area contributed by atoms with Gasteiger partial charge in [0.1, 0.15) is 10.1 Å². The molecule has 0 unspecified atom stereocenters. The zero-order chi connectivity index (χ0) is 19.9. The molecule has 0 aliphatic carbocycles. The zero-order valence-electron chi connectivity index (χ0n) is 14.5. The molecule has 0 aliphatic rings. The predicted molar refractivity (Wildman–Crippen MR) is 101 cm³/mol. The number of hydrogen-bond acceptors (Lipinski definition) is 4. The van der Waals surface area contributed by atoms with Crippen molar-refractivity contribution in [3.8, 4) is 6.07 Å². The highest BCUT2D eigenvalue weighted by Gasteiger charge is 2.10. The minimum Gasteiger partial charge on any atom is -0.744 e. The lowest BCUT2D eigenvalue weighted by atomic mass is 10.2. The molecule has 1 heterocycles. The van der Waals surface area contributed by atoms with Gasteiger partial charge < -0.3 is 4.55 Å². The van der Waals surface area contributed by atoms with Gasteiger partial charge in [-0.1, -0.05) is 47.5 Å². The lowest BCUT2D eigenvalue weighted by Gasteiger charge is -2.05. The van der Waals surface area contributed by atoms with E-state index in [0.717, 1.165) is 16.1 Å². The molecule has 0 N–H and O–H groups in total. The van der Waals surface area contributed by atoms with Crippen LogP contribution in [0.2, 0.25) is 5.02 Å². The molecule has 2 aromatic carbocycles. The van der Waals surface area contributed by atoms with Crippen molar-refractivity contribution >= 4 is 21.7 Å². The number of aryl methyl sites for hydroxylation is 1. The maximum atomic E-state index is 10.4. The van der Waals surface area contributed by atoms with Crippen LogP contribution >= 0.6 is 11.6 Å². The fourth-order valence-electron chi connectivity index (χ4n) is 2.23. The van der Waals surface area contributed by atoms with E-state index in [9.17, 15) is 13.0 Å². The monoisotopic (exact) mass is 400 g/mol. The average Bonchev–Trinajstić information content (AvgIpc) is 2.64. The summed E-state index contributed by atoms with van der Waals surface area (Å²) >= 11 is 6.07. The second-order valence-corrected chi connectivity index (χ2v) is 7.47. The molecule has 0 radical (unpaired) electrons. The molecule has 0 atom stereocenters. The molecule has 0 fully saturated rings. The first-order valence-electron chi connectivity index (χ1n) is 7.96. The van der Waals surface area contributed by atoms with Gasteiger partial charge in [0.25, 0.3) is 5.69 Å². The summed E-state index contributed by atoms with van der Waals surface area (Å²) in [6.07, 6.45) is 1.88. The van der Waals surface area contributed by atoms with Crippen molar-refractivity contribution in [1.82, 2.24) is 0 Å². The maximum Gasteiger partial charge on any atom is 0.283 e. The first-order valence-corrected chi connectivity index (χ1v) is 9.74. The van der Waals surface area contributed by atoms with Gasteiger partial charge >= 0.3 is 0 Å². The van der Waals surface area contributed by atoms with Crippen LogP contribution in [0.5, 0.6) is 0 Å². The largest absolute Gasteiger partial charge is 0.744 e. The molecule has 27 heavy (non-hydrogen) atoms. The highest BCUT2D eigenvalue weighted by molar-refractivity contribution is 7.85. The van der Waals surface area contributed by atoms with Crippen molar-refractivity contribution in [3.05, 3.63) is 94.8 Å². The molecule has 0 amide bonds. The number of aromatic nitrogens is 1. The molecule has 3 aromatic rings. The summed E-state index contributed by atoms with van der Waals surface area (Å²) in [4.78, 5) is -0.178. The van der Waals surface area contributed by atoms with E-state index in [1.54, 1.807) is 18.2 Å². The Morgan fingerprint density at radius 3 is 2.26 bits per heavy atom. The van der Waals surface area contributed by atoms with Gasteiger partial charge in [-0.05, 0) is 31.2 Å². The van der Waals surface area contributed by atoms with Crippen molar-refractivity contribution in [1.29, 1.82) is 5.26 Å². The number of rotatable bonds is 3. The normalized spacial score (nSPS) is 10.4. The zero-order valence-corrected chi connectivity index (χ0v) is 16.1. The van der Waals surface area contributed by atoms with Crippen LogP contribution in [0.15, 0.2) is 77.8 Å². The first kappa shape index (κ1) is 20.6. The van der Waals surface area contributed by atoms with Crippen LogP contribution in [0.1, 0.15) is 16.8 Å². The molecule has 1 aromatic heterocycles. The Morgan fingerprint density at radius 2 is 1.67 bits per heavy atom. The summed E-state index contributed by atoms with van der Waals surface area (Å²) in [5.41, 5.74) is 2.57. The van der Waals surface area contributed by atoms with E-state index in [1.165, 1.54) is 12.1 Å². The van der Waals surface area contributed by atoms with Crippen LogP contribution in [-0.2, 0) is 16.7 Å². The third kappa shape index (κ3) is 6.19. The summed E-state index contributed by atoms with van der Waals surface area (Å²) in [7, 11) is -4.27. The number of halogens is 1. The van der Waals surface area contributed by atoms with Crippen LogP contribution in [0.25, 0.3) is 0 Å². The quantitative estimate of drug-likeness (QED) is 0.497. The number of benzene rings is 2. The predicted octanol–water partition coefficient (Wildman–Crippen LogP) is 3.45. The summed E-state index contributed by atoms with van der Waals surface area (Å²) in [6.45, 7) is 2.44. The van der Waals surface area contributed by atoms with E-state index in [-0.39, 0.29) is 4.90 Å². The summed E-state index contributed by atoms with van der Waals surface area (Å²) in [5.74, 6) is 0. The molecule has 3 rings (SSSR count). The minimum atomic E-state index is -4.27. The molecule has 138 valence electrons. The third-order valence-corrected chi connectivity index (χ3v) is 4.88. The van der Waals surface area contributed by atoms with Gasteiger partial charge in [-0.15, -0.1) is 0 Å². The van der Waals surface area contributed by atoms with E-state index >= 15 is 0 Å². The minimum absolute atomic E-state index is 0.178. The summed E-state index contributed by atoms with van der Waals surface area (Å²) in [5, 5.41) is 9.69. The van der Waals surface area contributed by atoms with Crippen molar-refractivity contribution in [3.63, 3.8) is 0 Å². The fourth-order valence-corrected chi connectivity index (χ4v) is 2.90. The second kappa shape index (κ2) is 9.28. The van der Waals surface area contributed by atoms with Gasteiger partial charge in [0.15, 0.2) is 18.8 Å². The number of hydrogen-bond donors (Lipinski definition) is 0. The van der Waals surface area contributed by atoms with Gasteiger partial charge in [-0.25, -0.2) is 8.42 Å². The van der Waals surface area contributed by atoms with E-state index in [0.29, 0.717) is 12.2 Å². The Morgan fingerprint density at radius 1 is 1.04 bits per heavy atom. The smallest absolute Gasteiger partial charge is 0.283 e. The molecule has 7 heteroatoms. The second-order valence-electron chi connectivity index (χ2n) is 5.68. The molecule has 0 spiro atoms. The van der Waals surface area contributed by atoms with Crippen molar-refractivity contribution < 1.29 is 17.5 Å². The highest BCUT2D eigenvalue weighted by Crippen LogP contribution is 2.14. The van der Waals surface area contributed by atoms with E-state index < -0.39 is 10.1 Å². The van der Waals surface area contributed by atoms with E-state index in [2.05, 4.69) is 6.07 Å². The molecular formula is C20H17ClN2O3S. The van der Waals surface area contributed by atoms with Crippen LogP contribution in [0.3, 0.4) is 0 Å². The van der Waals surface area contributed by atoms with Gasteiger partial charge in [0.2, 0.25) is 0 Å². The van der Waals surface area contributed by atoms with Gasteiger partial charge in [-0.3, -0.25) is 0 Å². The Bertz CT molecular complexity index is 1060. The number of nitrogens with zero attached hydrogens (tertiary/aromatic N) is 2. The third-order valence-electron chi connectivity index (χ3n) is 3.66. The highest BCUT2D eigenvalue weighted by atomic mass is 35.5. The van der Waals surface area contributed by atoms with Crippen molar-refractivity contribution in [2.24, 2.45) is 0 Å². The summed E-state index contributed by atoms with van der Waals surface area (Å²) < 4.78 is 33.0. The molecule has 0 aliphatic heterocycles. The SMILES string of the molecule is Cc1ccc(S(=O)(=O)[O-])cc1.N#Cc1cccc[n+]1Cc1ccccc1Cl. The van der Waals surface area contributed by atoms with Crippen molar-refractivity contribution in [2.45, 2.75) is 18.4 Å². The van der Waals surface area contributed by atoms with Gasteiger partial charge in [0, 0.05) is 17.7 Å².